The monoisotopic (exact) mass is 698 g/mol. The first-order valence-electron chi connectivity index (χ1n) is 18.1. The second kappa shape index (κ2) is 12.6. The molecule has 0 N–H and O–H groups in total. The number of anilines is 3. The number of hydrogen-bond acceptors (Lipinski definition) is 6. The van der Waals surface area contributed by atoms with Crippen LogP contribution in [0, 0.1) is 0 Å². The van der Waals surface area contributed by atoms with Crippen molar-refractivity contribution in [3.05, 3.63) is 181 Å². The molecule has 54 heavy (non-hydrogen) atoms. The average Bonchev–Trinajstić information content (AvgIpc) is 3.23. The molecule has 6 nitrogen and oxygen atoms in total. The van der Waals surface area contributed by atoms with Crippen LogP contribution in [-0.2, 0) is 5.41 Å². The quantitative estimate of drug-likeness (QED) is 0.178. The molecule has 0 saturated carbocycles. The number of nitrogens with zero attached hydrogens (tertiary/aromatic N) is 4. The Morgan fingerprint density at radius 1 is 0.389 bits per heavy atom. The van der Waals surface area contributed by atoms with Gasteiger partial charge >= 0.3 is 0 Å². The predicted molar refractivity (Wildman–Crippen MR) is 215 cm³/mol. The maximum Gasteiger partial charge on any atom is 0.170 e. The van der Waals surface area contributed by atoms with Gasteiger partial charge in [-0.2, -0.15) is 0 Å². The van der Waals surface area contributed by atoms with E-state index >= 15 is 0 Å². The highest BCUT2D eigenvalue weighted by Crippen LogP contribution is 2.53. The van der Waals surface area contributed by atoms with Gasteiger partial charge in [0.2, 0.25) is 0 Å². The van der Waals surface area contributed by atoms with Gasteiger partial charge in [-0.05, 0) is 82.9 Å². The van der Waals surface area contributed by atoms with E-state index in [1.807, 2.05) is 84.9 Å². The number of aromatic nitrogens is 3. The van der Waals surface area contributed by atoms with Crippen LogP contribution >= 0.6 is 0 Å². The molecule has 10 rings (SSSR count). The number of rotatable bonds is 5. The van der Waals surface area contributed by atoms with Gasteiger partial charge in [0.05, 0.1) is 11.4 Å². The summed E-state index contributed by atoms with van der Waals surface area (Å²) >= 11 is 0. The Balaban J connectivity index is 1.01. The third-order valence-corrected chi connectivity index (χ3v) is 10.4. The molecule has 8 aromatic rings. The molecule has 0 spiro atoms. The van der Waals surface area contributed by atoms with Gasteiger partial charge in [-0.3, -0.25) is 0 Å². The second-order valence-corrected chi connectivity index (χ2v) is 14.1. The number of benzene rings is 7. The zero-order valence-electron chi connectivity index (χ0n) is 29.8. The van der Waals surface area contributed by atoms with E-state index in [-0.39, 0.29) is 5.41 Å². The summed E-state index contributed by atoms with van der Waals surface area (Å²) in [5, 5.41) is 0. The molecule has 0 atom stereocenters. The van der Waals surface area contributed by atoms with Crippen LogP contribution < -0.4 is 14.4 Å². The van der Waals surface area contributed by atoms with Crippen molar-refractivity contribution in [2.45, 2.75) is 19.3 Å². The number of para-hydroxylation sites is 2. The summed E-state index contributed by atoms with van der Waals surface area (Å²) in [6.07, 6.45) is 0. The summed E-state index contributed by atoms with van der Waals surface area (Å²) < 4.78 is 13.0. The lowest BCUT2D eigenvalue weighted by atomic mass is 9.73. The molecule has 0 bridgehead atoms. The van der Waals surface area contributed by atoms with E-state index in [4.69, 9.17) is 24.4 Å². The highest BCUT2D eigenvalue weighted by atomic mass is 16.6. The van der Waals surface area contributed by atoms with Crippen LogP contribution in [0.1, 0.15) is 25.0 Å². The Labute approximate surface area is 314 Å². The second-order valence-electron chi connectivity index (χ2n) is 14.1. The Morgan fingerprint density at radius 3 is 1.50 bits per heavy atom. The number of ether oxygens (including phenoxy) is 2. The smallest absolute Gasteiger partial charge is 0.170 e. The van der Waals surface area contributed by atoms with Gasteiger partial charge in [-0.25, -0.2) is 15.0 Å². The van der Waals surface area contributed by atoms with E-state index in [0.717, 1.165) is 33.5 Å². The van der Waals surface area contributed by atoms with Gasteiger partial charge in [0, 0.05) is 27.8 Å². The van der Waals surface area contributed by atoms with Crippen molar-refractivity contribution < 1.29 is 9.47 Å². The van der Waals surface area contributed by atoms with Crippen LogP contribution in [0.2, 0.25) is 0 Å². The number of hydrogen-bond donors (Lipinski definition) is 0. The molecule has 1 aromatic heterocycles. The molecule has 0 fully saturated rings. The molecule has 0 saturated heterocycles. The van der Waals surface area contributed by atoms with Crippen molar-refractivity contribution in [1.29, 1.82) is 0 Å². The fourth-order valence-electron chi connectivity index (χ4n) is 7.58. The topological polar surface area (TPSA) is 60.4 Å². The minimum absolute atomic E-state index is 0.216. The third kappa shape index (κ3) is 5.39. The maximum absolute atomic E-state index is 6.60. The first-order chi connectivity index (χ1) is 26.5. The summed E-state index contributed by atoms with van der Waals surface area (Å²) in [7, 11) is 0. The summed E-state index contributed by atoms with van der Waals surface area (Å²) in [5.74, 6) is 4.31. The van der Waals surface area contributed by atoms with Crippen LogP contribution in [0.5, 0.6) is 23.0 Å². The zero-order chi connectivity index (χ0) is 36.2. The van der Waals surface area contributed by atoms with Crippen LogP contribution in [0.4, 0.5) is 17.1 Å². The average molecular weight is 699 g/mol. The minimum Gasteiger partial charge on any atom is -0.450 e. The molecular weight excluding hydrogens is 665 g/mol. The lowest BCUT2D eigenvalue weighted by molar-refractivity contribution is 0.360. The molecule has 6 heteroatoms. The number of fused-ring (bicyclic) bond motifs is 4. The Morgan fingerprint density at radius 2 is 0.852 bits per heavy atom. The predicted octanol–water partition coefficient (Wildman–Crippen LogP) is 12.5. The van der Waals surface area contributed by atoms with Crippen LogP contribution in [0.25, 0.3) is 45.3 Å². The van der Waals surface area contributed by atoms with Crippen molar-refractivity contribution in [3.8, 4) is 68.3 Å². The summed E-state index contributed by atoms with van der Waals surface area (Å²) in [4.78, 5) is 17.0. The van der Waals surface area contributed by atoms with Gasteiger partial charge in [-0.15, -0.1) is 0 Å². The molecule has 0 unspecified atom stereocenters. The maximum atomic E-state index is 6.60. The molecular formula is C48H34N4O2. The highest BCUT2D eigenvalue weighted by molar-refractivity contribution is 5.87. The normalized spacial score (nSPS) is 13.4. The molecule has 2 aliphatic rings. The van der Waals surface area contributed by atoms with Crippen molar-refractivity contribution in [2.75, 3.05) is 4.90 Å². The minimum atomic E-state index is -0.216. The molecule has 2 aliphatic heterocycles. The van der Waals surface area contributed by atoms with Crippen molar-refractivity contribution in [3.63, 3.8) is 0 Å². The molecule has 0 aliphatic carbocycles. The standard InChI is InChI=1S/C48H34N4O2/c1-48(2)37-20-12-13-21-39(37)52(36-18-10-5-11-19-36)40-25-22-33(28-38(40)48)34-23-26-41-43(29-34)54-44-30-35(24-27-42(44)53-41)47-50-45(31-14-6-3-7-15-31)49-46(51-47)32-16-8-4-9-17-32/h3-30H,1-2H3. The van der Waals surface area contributed by atoms with Gasteiger partial charge in [-0.1, -0.05) is 123 Å². The largest absolute Gasteiger partial charge is 0.450 e. The highest BCUT2D eigenvalue weighted by Gasteiger charge is 2.37. The van der Waals surface area contributed by atoms with Crippen molar-refractivity contribution in [2.24, 2.45) is 0 Å². The van der Waals surface area contributed by atoms with E-state index in [1.54, 1.807) is 0 Å². The Hall–Kier alpha value is -7.05. The van der Waals surface area contributed by atoms with Crippen LogP contribution in [0.3, 0.4) is 0 Å². The van der Waals surface area contributed by atoms with E-state index < -0.39 is 0 Å². The third-order valence-electron chi connectivity index (χ3n) is 10.4. The van der Waals surface area contributed by atoms with Gasteiger partial charge < -0.3 is 14.4 Å². The molecule has 7 aromatic carbocycles. The van der Waals surface area contributed by atoms with Crippen LogP contribution in [-0.4, -0.2) is 15.0 Å². The van der Waals surface area contributed by atoms with Gasteiger partial charge in [0.1, 0.15) is 0 Å². The van der Waals surface area contributed by atoms with Crippen molar-refractivity contribution in [1.82, 2.24) is 15.0 Å². The van der Waals surface area contributed by atoms with E-state index in [1.165, 1.54) is 22.5 Å². The molecule has 0 amide bonds. The van der Waals surface area contributed by atoms with E-state index in [9.17, 15) is 0 Å². The van der Waals surface area contributed by atoms with E-state index in [0.29, 0.717) is 40.5 Å². The van der Waals surface area contributed by atoms with Gasteiger partial charge in [0.15, 0.2) is 40.5 Å². The van der Waals surface area contributed by atoms with E-state index in [2.05, 4.69) is 104 Å². The first kappa shape index (κ1) is 31.7. The fourth-order valence-corrected chi connectivity index (χ4v) is 7.58. The SMILES string of the molecule is CC1(C)c2ccccc2N(c2ccccc2)c2ccc(-c3ccc4c(c3)Oc3cc(-c5nc(-c6ccccc6)nc(-c6ccccc6)n5)ccc3O4)cc21. The summed E-state index contributed by atoms with van der Waals surface area (Å²) in [5.41, 5.74) is 10.6. The van der Waals surface area contributed by atoms with Crippen molar-refractivity contribution >= 4 is 17.1 Å². The Kier molecular flexibility index (Phi) is 7.37. The first-order valence-corrected chi connectivity index (χ1v) is 18.1. The fraction of sp³-hybridized carbons (Fsp3) is 0.0625. The molecule has 3 heterocycles. The van der Waals surface area contributed by atoms with Gasteiger partial charge in [0.25, 0.3) is 0 Å². The lowest BCUT2D eigenvalue weighted by Crippen LogP contribution is -2.30. The molecule has 258 valence electrons. The summed E-state index contributed by atoms with van der Waals surface area (Å²) in [6, 6.07) is 58.0. The lowest BCUT2D eigenvalue weighted by Gasteiger charge is -2.42. The Bertz CT molecular complexity index is 2640. The zero-order valence-corrected chi connectivity index (χ0v) is 29.8. The molecule has 0 radical (unpaired) electrons. The summed E-state index contributed by atoms with van der Waals surface area (Å²) in [6.45, 7) is 4.63. The van der Waals surface area contributed by atoms with Crippen LogP contribution in [0.15, 0.2) is 170 Å².